The molecule has 0 unspecified atom stereocenters. The lowest BCUT2D eigenvalue weighted by Gasteiger charge is -2.04. The predicted octanol–water partition coefficient (Wildman–Crippen LogP) is 3.23. The van der Waals surface area contributed by atoms with Gasteiger partial charge in [-0.1, -0.05) is 17.7 Å². The maximum atomic E-state index is 9.40. The van der Waals surface area contributed by atoms with Gasteiger partial charge in [0.25, 0.3) is 0 Å². The van der Waals surface area contributed by atoms with E-state index in [1.807, 2.05) is 19.1 Å². The summed E-state index contributed by atoms with van der Waals surface area (Å²) in [5.41, 5.74) is 2.15. The number of halogens is 1. The highest BCUT2D eigenvalue weighted by molar-refractivity contribution is 6.32. The van der Waals surface area contributed by atoms with E-state index < -0.39 is 0 Å². The van der Waals surface area contributed by atoms with Gasteiger partial charge in [0.2, 0.25) is 0 Å². The SMILES string of the molecule is Cc1cc(C2CC2)cc(Cl)c1O. The van der Waals surface area contributed by atoms with Crippen molar-refractivity contribution in [1.82, 2.24) is 0 Å². The van der Waals surface area contributed by atoms with Gasteiger partial charge in [-0.3, -0.25) is 0 Å². The second-order valence-electron chi connectivity index (χ2n) is 3.44. The Bertz CT molecular complexity index is 293. The van der Waals surface area contributed by atoms with Crippen molar-refractivity contribution in [2.45, 2.75) is 25.7 Å². The number of rotatable bonds is 1. The van der Waals surface area contributed by atoms with Gasteiger partial charge < -0.3 is 5.11 Å². The van der Waals surface area contributed by atoms with Crippen LogP contribution in [0.4, 0.5) is 0 Å². The van der Waals surface area contributed by atoms with Crippen molar-refractivity contribution in [1.29, 1.82) is 0 Å². The quantitative estimate of drug-likeness (QED) is 0.707. The molecule has 1 nitrogen and oxygen atoms in total. The lowest BCUT2D eigenvalue weighted by Crippen LogP contribution is -1.83. The van der Waals surface area contributed by atoms with E-state index in [-0.39, 0.29) is 5.75 Å². The summed E-state index contributed by atoms with van der Waals surface area (Å²) in [6, 6.07) is 3.90. The summed E-state index contributed by atoms with van der Waals surface area (Å²) >= 11 is 5.84. The Kier molecular flexibility index (Phi) is 1.76. The molecule has 0 aliphatic heterocycles. The van der Waals surface area contributed by atoms with Gasteiger partial charge in [-0.15, -0.1) is 0 Å². The molecule has 1 aliphatic rings. The monoisotopic (exact) mass is 182 g/mol. The van der Waals surface area contributed by atoms with Crippen LogP contribution in [0.1, 0.15) is 29.9 Å². The normalized spacial score (nSPS) is 16.5. The summed E-state index contributed by atoms with van der Waals surface area (Å²) in [6.45, 7) is 1.88. The molecular formula is C10H11ClO. The Morgan fingerprint density at radius 3 is 2.58 bits per heavy atom. The molecule has 2 heteroatoms. The molecule has 1 aromatic rings. The summed E-state index contributed by atoms with van der Waals surface area (Å²) in [6.07, 6.45) is 2.53. The van der Waals surface area contributed by atoms with Crippen molar-refractivity contribution in [3.8, 4) is 5.75 Å². The van der Waals surface area contributed by atoms with E-state index in [4.69, 9.17) is 11.6 Å². The van der Waals surface area contributed by atoms with Gasteiger partial charge in [0, 0.05) is 0 Å². The van der Waals surface area contributed by atoms with Crippen molar-refractivity contribution in [3.05, 3.63) is 28.3 Å². The molecule has 1 fully saturated rings. The highest BCUT2D eigenvalue weighted by Crippen LogP contribution is 2.43. The molecule has 12 heavy (non-hydrogen) atoms. The van der Waals surface area contributed by atoms with Crippen molar-refractivity contribution in [2.75, 3.05) is 0 Å². The smallest absolute Gasteiger partial charge is 0.137 e. The van der Waals surface area contributed by atoms with Gasteiger partial charge in [0.1, 0.15) is 5.75 Å². The Morgan fingerprint density at radius 1 is 1.42 bits per heavy atom. The van der Waals surface area contributed by atoms with Crippen LogP contribution in [0, 0.1) is 6.92 Å². The highest BCUT2D eigenvalue weighted by atomic mass is 35.5. The first kappa shape index (κ1) is 7.93. The van der Waals surface area contributed by atoms with Crippen LogP contribution in [-0.2, 0) is 0 Å². The molecule has 0 amide bonds. The van der Waals surface area contributed by atoms with Crippen molar-refractivity contribution in [2.24, 2.45) is 0 Å². The Hall–Kier alpha value is -0.690. The zero-order valence-corrected chi connectivity index (χ0v) is 7.73. The van der Waals surface area contributed by atoms with Gasteiger partial charge >= 0.3 is 0 Å². The molecule has 1 saturated carbocycles. The van der Waals surface area contributed by atoms with E-state index in [2.05, 4.69) is 0 Å². The molecule has 0 radical (unpaired) electrons. The largest absolute Gasteiger partial charge is 0.506 e. The predicted molar refractivity (Wildman–Crippen MR) is 49.8 cm³/mol. The topological polar surface area (TPSA) is 20.2 Å². The third-order valence-corrected chi connectivity index (χ3v) is 2.61. The zero-order chi connectivity index (χ0) is 8.72. The summed E-state index contributed by atoms with van der Waals surface area (Å²) in [7, 11) is 0. The van der Waals surface area contributed by atoms with E-state index >= 15 is 0 Å². The van der Waals surface area contributed by atoms with Crippen LogP contribution in [-0.4, -0.2) is 5.11 Å². The van der Waals surface area contributed by atoms with Crippen molar-refractivity contribution in [3.63, 3.8) is 0 Å². The summed E-state index contributed by atoms with van der Waals surface area (Å²) in [5, 5.41) is 9.88. The molecule has 2 rings (SSSR count). The molecule has 0 aromatic heterocycles. The van der Waals surface area contributed by atoms with Crippen LogP contribution >= 0.6 is 11.6 Å². The fraction of sp³-hybridized carbons (Fsp3) is 0.400. The number of benzene rings is 1. The molecule has 64 valence electrons. The minimum atomic E-state index is 0.223. The van der Waals surface area contributed by atoms with Crippen LogP contribution in [0.2, 0.25) is 5.02 Å². The first-order chi connectivity index (χ1) is 5.68. The third kappa shape index (κ3) is 1.29. The van der Waals surface area contributed by atoms with E-state index in [1.54, 1.807) is 0 Å². The minimum absolute atomic E-state index is 0.223. The lowest BCUT2D eigenvalue weighted by atomic mass is 10.1. The second kappa shape index (κ2) is 2.67. The number of phenols is 1. The number of phenolic OH excluding ortho intramolecular Hbond substituents is 1. The summed E-state index contributed by atoms with van der Waals surface area (Å²) in [5.74, 6) is 0.919. The number of aryl methyl sites for hydroxylation is 1. The average molecular weight is 183 g/mol. The van der Waals surface area contributed by atoms with E-state index in [9.17, 15) is 5.11 Å². The maximum absolute atomic E-state index is 9.40. The molecule has 0 spiro atoms. The average Bonchev–Trinajstić information content (AvgIpc) is 2.81. The van der Waals surface area contributed by atoms with Crippen LogP contribution in [0.5, 0.6) is 5.75 Å². The van der Waals surface area contributed by atoms with Gasteiger partial charge in [-0.25, -0.2) is 0 Å². The summed E-state index contributed by atoms with van der Waals surface area (Å²) in [4.78, 5) is 0. The number of hydrogen-bond acceptors (Lipinski definition) is 1. The van der Waals surface area contributed by atoms with Crippen LogP contribution in [0.25, 0.3) is 0 Å². The second-order valence-corrected chi connectivity index (χ2v) is 3.85. The van der Waals surface area contributed by atoms with Crippen LogP contribution in [0.15, 0.2) is 12.1 Å². The first-order valence-corrected chi connectivity index (χ1v) is 4.55. The minimum Gasteiger partial charge on any atom is -0.506 e. The molecule has 0 saturated heterocycles. The summed E-state index contributed by atoms with van der Waals surface area (Å²) < 4.78 is 0. The van der Waals surface area contributed by atoms with Gasteiger partial charge in [0.05, 0.1) is 5.02 Å². The Balaban J connectivity index is 2.45. The molecule has 0 bridgehead atoms. The van der Waals surface area contributed by atoms with Gasteiger partial charge in [-0.05, 0) is 42.9 Å². The standard InChI is InChI=1S/C10H11ClO/c1-6-4-8(7-2-3-7)5-9(11)10(6)12/h4-5,7,12H,2-3H2,1H3. The molecule has 1 aliphatic carbocycles. The maximum Gasteiger partial charge on any atom is 0.137 e. The van der Waals surface area contributed by atoms with Crippen molar-refractivity contribution < 1.29 is 5.11 Å². The molecule has 1 N–H and O–H groups in total. The van der Waals surface area contributed by atoms with Crippen LogP contribution in [0.3, 0.4) is 0 Å². The molecule has 1 aromatic carbocycles. The molecule has 0 atom stereocenters. The van der Waals surface area contributed by atoms with E-state index in [0.29, 0.717) is 10.9 Å². The van der Waals surface area contributed by atoms with E-state index in [0.717, 1.165) is 5.56 Å². The van der Waals surface area contributed by atoms with Gasteiger partial charge in [0.15, 0.2) is 0 Å². The highest BCUT2D eigenvalue weighted by Gasteiger charge is 2.24. The number of hydrogen-bond donors (Lipinski definition) is 1. The molecule has 0 heterocycles. The Labute approximate surface area is 77.0 Å². The fourth-order valence-electron chi connectivity index (χ4n) is 1.42. The Morgan fingerprint density at radius 2 is 2.08 bits per heavy atom. The number of aromatic hydroxyl groups is 1. The third-order valence-electron chi connectivity index (χ3n) is 2.33. The first-order valence-electron chi connectivity index (χ1n) is 4.17. The van der Waals surface area contributed by atoms with Gasteiger partial charge in [-0.2, -0.15) is 0 Å². The van der Waals surface area contributed by atoms with Crippen molar-refractivity contribution >= 4 is 11.6 Å². The zero-order valence-electron chi connectivity index (χ0n) is 6.97. The van der Waals surface area contributed by atoms with Crippen LogP contribution < -0.4 is 0 Å². The fourth-order valence-corrected chi connectivity index (χ4v) is 1.69. The lowest BCUT2D eigenvalue weighted by molar-refractivity contribution is 0.471. The van der Waals surface area contributed by atoms with E-state index in [1.165, 1.54) is 18.4 Å². The molecular weight excluding hydrogens is 172 g/mol.